The Kier molecular flexibility index (Phi) is 8.97. The summed E-state index contributed by atoms with van der Waals surface area (Å²) in [5.41, 5.74) is 0.160. The molecule has 0 spiro atoms. The second kappa shape index (κ2) is 12.6. The molecular formula is C28H26ClF5N4O6. The maximum absolute atomic E-state index is 14.2. The first-order chi connectivity index (χ1) is 20.9. The number of aliphatic carboxylic acids is 1. The predicted octanol–water partition coefficient (Wildman–Crippen LogP) is 5.81. The van der Waals surface area contributed by atoms with E-state index in [0.29, 0.717) is 12.8 Å². The van der Waals surface area contributed by atoms with E-state index >= 15 is 0 Å². The number of likely N-dealkylation sites (tertiary alicyclic amines) is 1. The van der Waals surface area contributed by atoms with Gasteiger partial charge in [0.1, 0.15) is 12.2 Å². The van der Waals surface area contributed by atoms with E-state index in [-0.39, 0.29) is 64.6 Å². The van der Waals surface area contributed by atoms with Gasteiger partial charge in [-0.25, -0.2) is 0 Å². The number of carbonyl (C=O) groups is 2. The molecule has 2 aliphatic heterocycles. The van der Waals surface area contributed by atoms with E-state index in [1.165, 1.54) is 48.4 Å². The molecule has 0 bridgehead atoms. The first-order valence-electron chi connectivity index (χ1n) is 13.5. The molecule has 236 valence electrons. The number of halogens is 6. The second-order valence-electron chi connectivity index (χ2n) is 10.3. The summed E-state index contributed by atoms with van der Waals surface area (Å²) in [7, 11) is 1.21. The Morgan fingerprint density at radius 2 is 1.84 bits per heavy atom. The molecule has 16 heteroatoms. The molecule has 1 saturated heterocycles. The molecule has 5 rings (SSSR count). The fourth-order valence-corrected chi connectivity index (χ4v) is 5.79. The number of carboxylic acid groups (broad SMARTS) is 1. The zero-order valence-corrected chi connectivity index (χ0v) is 23.8. The van der Waals surface area contributed by atoms with Gasteiger partial charge in [-0.3, -0.25) is 14.2 Å². The summed E-state index contributed by atoms with van der Waals surface area (Å²) in [5.74, 6) is -3.69. The fourth-order valence-electron chi connectivity index (χ4n) is 5.61. The Morgan fingerprint density at radius 3 is 2.48 bits per heavy atom. The van der Waals surface area contributed by atoms with Crippen LogP contribution < -0.4 is 9.47 Å². The number of fused-ring (bicyclic) bond motifs is 3. The maximum atomic E-state index is 14.2. The maximum Gasteiger partial charge on any atom is 0.452 e. The predicted molar refractivity (Wildman–Crippen MR) is 143 cm³/mol. The van der Waals surface area contributed by atoms with Gasteiger partial charge in [0.2, 0.25) is 11.7 Å². The van der Waals surface area contributed by atoms with Crippen molar-refractivity contribution in [2.24, 2.45) is 5.92 Å². The molecule has 0 radical (unpaired) electrons. The smallest absolute Gasteiger partial charge is 0.452 e. The number of carboxylic acids is 1. The molecule has 2 aliphatic rings. The number of para-hydroxylation sites is 1. The van der Waals surface area contributed by atoms with Gasteiger partial charge >= 0.3 is 18.8 Å². The third kappa shape index (κ3) is 6.43. The molecule has 44 heavy (non-hydrogen) atoms. The summed E-state index contributed by atoms with van der Waals surface area (Å²) < 4.78 is 86.2. The number of aromatic nitrogens is 3. The largest absolute Gasteiger partial charge is 0.492 e. The van der Waals surface area contributed by atoms with Crippen LogP contribution in [0.4, 0.5) is 22.0 Å². The number of piperidine rings is 1. The highest BCUT2D eigenvalue weighted by Crippen LogP contribution is 2.47. The molecule has 0 aliphatic carbocycles. The third-order valence-electron chi connectivity index (χ3n) is 7.55. The van der Waals surface area contributed by atoms with Crippen molar-refractivity contribution in [2.75, 3.05) is 20.2 Å². The summed E-state index contributed by atoms with van der Waals surface area (Å²) >= 11 is 6.28. The monoisotopic (exact) mass is 644 g/mol. The van der Waals surface area contributed by atoms with Crippen LogP contribution in [0.1, 0.15) is 60.7 Å². The molecule has 1 amide bonds. The first kappa shape index (κ1) is 31.4. The number of amides is 1. The fraction of sp³-hybridized carbons (Fsp3) is 0.429. The van der Waals surface area contributed by atoms with Gasteiger partial charge in [-0.05, 0) is 43.0 Å². The minimum absolute atomic E-state index is 0.0320. The molecule has 10 nitrogen and oxygen atoms in total. The Labute approximate surface area is 252 Å². The summed E-state index contributed by atoms with van der Waals surface area (Å²) in [6.45, 7) is -2.69. The number of ether oxygens (including phenoxy) is 3. The lowest BCUT2D eigenvalue weighted by Crippen LogP contribution is -2.39. The van der Waals surface area contributed by atoms with Gasteiger partial charge in [0.15, 0.2) is 17.3 Å². The molecule has 3 heterocycles. The van der Waals surface area contributed by atoms with Crippen LogP contribution >= 0.6 is 11.6 Å². The van der Waals surface area contributed by atoms with E-state index in [1.54, 1.807) is 0 Å². The normalized spacial score (nSPS) is 18.9. The molecule has 2 atom stereocenters. The summed E-state index contributed by atoms with van der Waals surface area (Å²) in [6, 6.07) is 8.13. The minimum atomic E-state index is -4.95. The van der Waals surface area contributed by atoms with E-state index in [2.05, 4.69) is 14.9 Å². The van der Waals surface area contributed by atoms with Gasteiger partial charge < -0.3 is 24.2 Å². The van der Waals surface area contributed by atoms with Crippen LogP contribution in [0.3, 0.4) is 0 Å². The minimum Gasteiger partial charge on any atom is -0.492 e. The highest BCUT2D eigenvalue weighted by molar-refractivity contribution is 6.30. The van der Waals surface area contributed by atoms with Gasteiger partial charge in [-0.2, -0.15) is 22.0 Å². The molecule has 1 aromatic heterocycles. The van der Waals surface area contributed by atoms with Gasteiger partial charge in [0.25, 0.3) is 0 Å². The molecule has 2 aromatic carbocycles. The van der Waals surface area contributed by atoms with Crippen molar-refractivity contribution in [1.29, 1.82) is 0 Å². The van der Waals surface area contributed by atoms with E-state index < -0.39 is 49.1 Å². The number of alkyl halides is 5. The van der Waals surface area contributed by atoms with E-state index in [9.17, 15) is 31.5 Å². The summed E-state index contributed by atoms with van der Waals surface area (Å²) in [5, 5.41) is 16.4. The van der Waals surface area contributed by atoms with E-state index in [4.69, 9.17) is 26.2 Å². The van der Waals surface area contributed by atoms with E-state index in [1.807, 2.05) is 0 Å². The standard InChI is InChI=1S/C28H26ClF5N4O6/c1-42-24-16(3-2-4-19(24)44-27(30)31)23-17-12-15(29)5-6-18(17)38-25(35-36-26(38)28(32,33)34)20(43-23)13-21(39)37-9-7-14(8-10-37)11-22(40)41/h2-6,12,14,20,23,27H,7-11,13H2,1H3,(H,40,41)/t20-,23-/m1/s1. The number of methoxy groups -OCH3 is 1. The van der Waals surface area contributed by atoms with Crippen LogP contribution in [0.25, 0.3) is 5.69 Å². The number of hydrogen-bond acceptors (Lipinski definition) is 7. The van der Waals surface area contributed by atoms with Crippen LogP contribution in [0.5, 0.6) is 11.5 Å². The molecule has 3 aromatic rings. The lowest BCUT2D eigenvalue weighted by Gasteiger charge is -2.32. The highest BCUT2D eigenvalue weighted by atomic mass is 35.5. The van der Waals surface area contributed by atoms with Crippen molar-refractivity contribution >= 4 is 23.5 Å². The van der Waals surface area contributed by atoms with E-state index in [0.717, 1.165) is 4.57 Å². The topological polar surface area (TPSA) is 116 Å². The van der Waals surface area contributed by atoms with Crippen LogP contribution in [-0.4, -0.2) is 63.5 Å². The number of benzene rings is 2. The third-order valence-corrected chi connectivity index (χ3v) is 7.78. The first-order valence-corrected chi connectivity index (χ1v) is 13.8. The molecular weight excluding hydrogens is 619 g/mol. The van der Waals surface area contributed by atoms with Crippen LogP contribution in [0.15, 0.2) is 36.4 Å². The van der Waals surface area contributed by atoms with Gasteiger partial charge in [0, 0.05) is 35.7 Å². The molecule has 1 N–H and O–H groups in total. The SMILES string of the molecule is COc1c(OC(F)F)cccc1[C@H]1O[C@H](CC(=O)N2CCC(CC(=O)O)CC2)c2nnc(C(F)(F)F)n2-c2ccc(Cl)cc21. The van der Waals surface area contributed by atoms with Crippen molar-refractivity contribution < 1.29 is 50.9 Å². The Morgan fingerprint density at radius 1 is 1.11 bits per heavy atom. The second-order valence-corrected chi connectivity index (χ2v) is 10.7. The summed E-state index contributed by atoms with van der Waals surface area (Å²) in [4.78, 5) is 26.1. The average molecular weight is 645 g/mol. The zero-order valence-electron chi connectivity index (χ0n) is 23.1. The average Bonchev–Trinajstić information content (AvgIpc) is 3.36. The number of carbonyl (C=O) groups excluding carboxylic acids is 1. The summed E-state index contributed by atoms with van der Waals surface area (Å²) in [6.07, 6.45) is -7.24. The van der Waals surface area contributed by atoms with Crippen molar-refractivity contribution in [3.63, 3.8) is 0 Å². The molecule has 0 saturated carbocycles. The van der Waals surface area contributed by atoms with Crippen LogP contribution in [0, 0.1) is 5.92 Å². The lowest BCUT2D eigenvalue weighted by molar-refractivity contribution is -0.146. The molecule has 0 unspecified atom stereocenters. The van der Waals surface area contributed by atoms with Crippen molar-refractivity contribution in [3.05, 3.63) is 64.2 Å². The van der Waals surface area contributed by atoms with Gasteiger partial charge in [-0.1, -0.05) is 23.7 Å². The molecule has 1 fully saturated rings. The zero-order chi connectivity index (χ0) is 31.8. The van der Waals surface area contributed by atoms with Crippen LogP contribution in [0.2, 0.25) is 5.02 Å². The number of nitrogens with zero attached hydrogens (tertiary/aromatic N) is 4. The van der Waals surface area contributed by atoms with Crippen molar-refractivity contribution in [2.45, 2.75) is 50.7 Å². The Hall–Kier alpha value is -3.98. The van der Waals surface area contributed by atoms with Crippen LogP contribution in [-0.2, 0) is 20.5 Å². The van der Waals surface area contributed by atoms with Gasteiger partial charge in [-0.15, -0.1) is 10.2 Å². The lowest BCUT2D eigenvalue weighted by atomic mass is 9.93. The number of hydrogen-bond donors (Lipinski definition) is 1. The number of rotatable bonds is 8. The van der Waals surface area contributed by atoms with Crippen molar-refractivity contribution in [1.82, 2.24) is 19.7 Å². The Balaban J connectivity index is 1.60. The van der Waals surface area contributed by atoms with Gasteiger partial charge in [0.05, 0.1) is 19.2 Å². The van der Waals surface area contributed by atoms with Crippen molar-refractivity contribution in [3.8, 4) is 17.2 Å². The highest BCUT2D eigenvalue weighted by Gasteiger charge is 2.44. The quantitative estimate of drug-likeness (QED) is 0.306. The Bertz CT molecular complexity index is 1540.